The maximum atomic E-state index is 11.8. The van der Waals surface area contributed by atoms with E-state index in [1.807, 2.05) is 24.3 Å². The average molecular weight is 420 g/mol. The maximum Gasteiger partial charge on any atom is 0.338 e. The van der Waals surface area contributed by atoms with Gasteiger partial charge in [-0.05, 0) is 75.2 Å². The van der Waals surface area contributed by atoms with Gasteiger partial charge >= 0.3 is 11.9 Å². The number of ether oxygens (including phenoxy) is 2. The van der Waals surface area contributed by atoms with Crippen molar-refractivity contribution in [1.29, 1.82) is 0 Å². The third-order valence-electron chi connectivity index (χ3n) is 5.29. The van der Waals surface area contributed by atoms with Crippen molar-refractivity contribution in [2.24, 2.45) is 0 Å². The first-order valence-corrected chi connectivity index (χ1v) is 10.6. The molecule has 1 aliphatic rings. The van der Waals surface area contributed by atoms with Crippen molar-refractivity contribution in [3.05, 3.63) is 72.8 Å². The number of esters is 2. The van der Waals surface area contributed by atoms with Crippen molar-refractivity contribution in [1.82, 2.24) is 0 Å². The van der Waals surface area contributed by atoms with Crippen molar-refractivity contribution in [2.45, 2.75) is 52.0 Å². The summed E-state index contributed by atoms with van der Waals surface area (Å²) in [5.41, 5.74) is 2.77. The lowest BCUT2D eigenvalue weighted by Crippen LogP contribution is -2.32. The van der Waals surface area contributed by atoms with E-state index in [9.17, 15) is 9.59 Å². The highest BCUT2D eigenvalue weighted by Crippen LogP contribution is 2.35. The Morgan fingerprint density at radius 1 is 0.742 bits per heavy atom. The summed E-state index contributed by atoms with van der Waals surface area (Å²) < 4.78 is 10.6. The molecule has 0 heterocycles. The number of nitrogens with zero attached hydrogens (tertiary/aromatic N) is 1. The maximum absolute atomic E-state index is 11.8. The van der Waals surface area contributed by atoms with E-state index in [4.69, 9.17) is 9.47 Å². The van der Waals surface area contributed by atoms with E-state index in [1.54, 1.807) is 38.1 Å². The van der Waals surface area contributed by atoms with Gasteiger partial charge in [0.1, 0.15) is 11.5 Å². The lowest BCUT2D eigenvalue weighted by atomic mass is 9.93. The summed E-state index contributed by atoms with van der Waals surface area (Å²) in [5, 5.41) is 0. The van der Waals surface area contributed by atoms with Crippen LogP contribution in [0.4, 0.5) is 11.4 Å². The molecule has 31 heavy (non-hydrogen) atoms. The first-order chi connectivity index (χ1) is 14.8. The summed E-state index contributed by atoms with van der Waals surface area (Å²) in [6, 6.07) is 15.4. The fourth-order valence-electron chi connectivity index (χ4n) is 3.65. The van der Waals surface area contributed by atoms with Gasteiger partial charge in [0.15, 0.2) is 0 Å². The third kappa shape index (κ3) is 5.85. The minimum absolute atomic E-state index is 0.361. The number of carbonyl (C=O) groups is 2. The number of hydrogen-bond donors (Lipinski definition) is 0. The predicted molar refractivity (Wildman–Crippen MR) is 123 cm³/mol. The summed E-state index contributed by atoms with van der Waals surface area (Å²) >= 11 is 0. The van der Waals surface area contributed by atoms with Crippen LogP contribution in [0.1, 0.15) is 46.0 Å². The zero-order valence-corrected chi connectivity index (χ0v) is 18.2. The Hall–Kier alpha value is -3.34. The van der Waals surface area contributed by atoms with Gasteiger partial charge in [-0.25, -0.2) is 9.59 Å². The van der Waals surface area contributed by atoms with E-state index < -0.39 is 11.9 Å². The fraction of sp³-hybridized carbons (Fsp3) is 0.308. The summed E-state index contributed by atoms with van der Waals surface area (Å²) in [4.78, 5) is 25.9. The van der Waals surface area contributed by atoms with Crippen LogP contribution in [0.2, 0.25) is 0 Å². The van der Waals surface area contributed by atoms with Gasteiger partial charge in [0, 0.05) is 28.6 Å². The van der Waals surface area contributed by atoms with Crippen LogP contribution in [0.25, 0.3) is 0 Å². The Morgan fingerprint density at radius 2 is 1.13 bits per heavy atom. The second-order valence-electron chi connectivity index (χ2n) is 7.99. The SMILES string of the molecule is C=C(C)C(=O)Oc1ccc(N(c2ccc(OC(=O)C(=C)C)cc2)C2CCCCC2)cc1. The van der Waals surface area contributed by atoms with Crippen LogP contribution in [0.3, 0.4) is 0 Å². The van der Waals surface area contributed by atoms with E-state index in [0.717, 1.165) is 24.2 Å². The first kappa shape index (κ1) is 22.3. The van der Waals surface area contributed by atoms with Crippen LogP contribution in [0.15, 0.2) is 72.8 Å². The molecule has 0 amide bonds. The van der Waals surface area contributed by atoms with Crippen molar-refractivity contribution in [3.8, 4) is 11.5 Å². The molecular weight excluding hydrogens is 390 g/mol. The molecule has 2 aromatic rings. The van der Waals surface area contributed by atoms with Gasteiger partial charge < -0.3 is 14.4 Å². The van der Waals surface area contributed by atoms with Gasteiger partial charge in [-0.2, -0.15) is 0 Å². The largest absolute Gasteiger partial charge is 0.423 e. The molecule has 0 atom stereocenters. The lowest BCUT2D eigenvalue weighted by Gasteiger charge is -2.36. The topological polar surface area (TPSA) is 55.8 Å². The molecule has 1 fully saturated rings. The van der Waals surface area contributed by atoms with Gasteiger partial charge in [0.25, 0.3) is 0 Å². The number of carbonyl (C=O) groups excluding carboxylic acids is 2. The van der Waals surface area contributed by atoms with Crippen LogP contribution in [-0.4, -0.2) is 18.0 Å². The van der Waals surface area contributed by atoms with Crippen molar-refractivity contribution < 1.29 is 19.1 Å². The molecule has 0 aliphatic heterocycles. The molecule has 0 radical (unpaired) electrons. The van der Waals surface area contributed by atoms with Crippen LogP contribution in [-0.2, 0) is 9.59 Å². The fourth-order valence-corrected chi connectivity index (χ4v) is 3.65. The van der Waals surface area contributed by atoms with Crippen LogP contribution < -0.4 is 14.4 Å². The van der Waals surface area contributed by atoms with E-state index in [2.05, 4.69) is 18.1 Å². The molecule has 0 saturated heterocycles. The Labute approximate surface area is 184 Å². The van der Waals surface area contributed by atoms with Crippen molar-refractivity contribution in [3.63, 3.8) is 0 Å². The zero-order chi connectivity index (χ0) is 22.4. The Bertz CT molecular complexity index is 882. The van der Waals surface area contributed by atoms with Crippen LogP contribution in [0, 0.1) is 0 Å². The average Bonchev–Trinajstić information content (AvgIpc) is 2.77. The molecule has 5 heteroatoms. The monoisotopic (exact) mass is 419 g/mol. The molecule has 162 valence electrons. The predicted octanol–water partition coefficient (Wildman–Crippen LogP) is 6.12. The highest BCUT2D eigenvalue weighted by atomic mass is 16.5. The molecule has 0 bridgehead atoms. The van der Waals surface area contributed by atoms with E-state index in [-0.39, 0.29) is 0 Å². The number of rotatable bonds is 7. The number of benzene rings is 2. The molecule has 0 N–H and O–H groups in total. The van der Waals surface area contributed by atoms with E-state index in [1.165, 1.54) is 19.3 Å². The second kappa shape index (κ2) is 10.1. The second-order valence-corrected chi connectivity index (χ2v) is 7.99. The Morgan fingerprint density at radius 3 is 1.48 bits per heavy atom. The minimum atomic E-state index is -0.434. The number of hydrogen-bond acceptors (Lipinski definition) is 5. The van der Waals surface area contributed by atoms with Gasteiger partial charge in [0.05, 0.1) is 0 Å². The lowest BCUT2D eigenvalue weighted by molar-refractivity contribution is -0.130. The Balaban J connectivity index is 1.85. The molecular formula is C26H29NO4. The number of anilines is 2. The molecule has 5 nitrogen and oxygen atoms in total. The van der Waals surface area contributed by atoms with Crippen LogP contribution >= 0.6 is 0 Å². The Kier molecular flexibility index (Phi) is 7.29. The quantitative estimate of drug-likeness (QED) is 0.307. The standard InChI is InChI=1S/C26H29NO4/c1-18(2)25(28)30-23-14-10-21(11-15-23)27(20-8-6-5-7-9-20)22-12-16-24(17-13-22)31-26(29)19(3)4/h10-17,20H,1,3,5-9H2,2,4H3. The summed E-state index contributed by atoms with van der Waals surface area (Å²) in [6.07, 6.45) is 5.88. The molecule has 0 unspecified atom stereocenters. The molecule has 0 aromatic heterocycles. The zero-order valence-electron chi connectivity index (χ0n) is 18.2. The van der Waals surface area contributed by atoms with Crippen LogP contribution in [0.5, 0.6) is 11.5 Å². The van der Waals surface area contributed by atoms with E-state index in [0.29, 0.717) is 28.7 Å². The molecule has 3 rings (SSSR count). The molecule has 2 aromatic carbocycles. The summed E-state index contributed by atoms with van der Waals surface area (Å²) in [7, 11) is 0. The van der Waals surface area contributed by atoms with Crippen molar-refractivity contribution >= 4 is 23.3 Å². The highest BCUT2D eigenvalue weighted by molar-refractivity contribution is 5.89. The van der Waals surface area contributed by atoms with E-state index >= 15 is 0 Å². The first-order valence-electron chi connectivity index (χ1n) is 10.6. The molecule has 0 spiro atoms. The van der Waals surface area contributed by atoms with Crippen molar-refractivity contribution in [2.75, 3.05) is 4.90 Å². The smallest absolute Gasteiger partial charge is 0.338 e. The minimum Gasteiger partial charge on any atom is -0.423 e. The summed E-state index contributed by atoms with van der Waals surface area (Å²) in [6.45, 7) is 10.5. The molecule has 1 aliphatic carbocycles. The van der Waals surface area contributed by atoms with Gasteiger partial charge in [-0.1, -0.05) is 32.4 Å². The normalized spacial score (nSPS) is 13.9. The third-order valence-corrected chi connectivity index (χ3v) is 5.29. The van der Waals surface area contributed by atoms with Gasteiger partial charge in [-0.3, -0.25) is 0 Å². The van der Waals surface area contributed by atoms with Gasteiger partial charge in [-0.15, -0.1) is 0 Å². The van der Waals surface area contributed by atoms with Gasteiger partial charge in [0.2, 0.25) is 0 Å². The summed E-state index contributed by atoms with van der Waals surface area (Å²) in [5.74, 6) is 0.110. The molecule has 1 saturated carbocycles. The highest BCUT2D eigenvalue weighted by Gasteiger charge is 2.23.